The summed E-state index contributed by atoms with van der Waals surface area (Å²) >= 11 is 0. The molecule has 12 nitrogen and oxygen atoms in total. The Labute approximate surface area is 105 Å². The predicted molar refractivity (Wildman–Crippen MR) is 56.4 cm³/mol. The fourth-order valence-electron chi connectivity index (χ4n) is 0. The first-order chi connectivity index (χ1) is 5.73. The van der Waals surface area contributed by atoms with E-state index in [1.165, 1.54) is 0 Å². The lowest BCUT2D eigenvalue weighted by Gasteiger charge is -1.82. The fraction of sp³-hybridized carbons (Fsp3) is 0. The molecule has 16 heavy (non-hydrogen) atoms. The number of halogens is 2. The van der Waals surface area contributed by atoms with Crippen LogP contribution in [0.5, 0.6) is 0 Å². The minimum atomic E-state index is -4.67. The summed E-state index contributed by atoms with van der Waals surface area (Å²) < 4.78 is 40.5. The topological polar surface area (TPSA) is 219 Å². The van der Waals surface area contributed by atoms with Crippen LogP contribution in [-0.2, 0) is 15.0 Å². The minimum Gasteiger partial charge on any atom is -0.356 e. The van der Waals surface area contributed by atoms with E-state index in [1.54, 1.807) is 0 Å². The highest BCUT2D eigenvalue weighted by Crippen LogP contribution is 2.25. The van der Waals surface area contributed by atoms with Crippen molar-refractivity contribution < 1.29 is 41.9 Å². The second-order valence-electron chi connectivity index (χ2n) is 1.18. The van der Waals surface area contributed by atoms with Crippen LogP contribution in [0.1, 0.15) is 0 Å². The van der Waals surface area contributed by atoms with E-state index in [2.05, 4.69) is 0 Å². The molecule has 0 amide bonds. The lowest BCUT2D eigenvalue weighted by Crippen LogP contribution is -1.89. The van der Waals surface area contributed by atoms with E-state index in [1.807, 2.05) is 0 Å². The maximum absolute atomic E-state index is 8.88. The van der Waals surface area contributed by atoms with E-state index in [4.69, 9.17) is 52.1 Å². The molecule has 0 aliphatic carbocycles. The highest BCUT2D eigenvalue weighted by molar-refractivity contribution is 8.93. The zero-order valence-corrected chi connectivity index (χ0v) is 11.0. The van der Waals surface area contributed by atoms with Crippen molar-refractivity contribution in [2.45, 2.75) is 0 Å². The summed E-state index contributed by atoms with van der Waals surface area (Å²) in [5.41, 5.74) is 0. The molecule has 0 fully saturated rings. The summed E-state index contributed by atoms with van der Waals surface area (Å²) in [4.78, 5) is 29.8. The summed E-state index contributed by atoms with van der Waals surface area (Å²) in [7, 11) is -9.31. The number of hydrogen-bond donors (Lipinski definition) is 5. The van der Waals surface area contributed by atoms with Gasteiger partial charge in [-0.05, 0) is 0 Å². The molecule has 0 aromatic carbocycles. The van der Waals surface area contributed by atoms with Crippen LogP contribution in [0, 0.1) is 15.3 Å². The zero-order valence-electron chi connectivity index (χ0n) is 6.80. The molecule has 0 aromatic rings. The Morgan fingerprint density at radius 2 is 1.06 bits per heavy atom. The molecule has 0 radical (unpaired) electrons. The Morgan fingerprint density at radius 1 is 1.06 bits per heavy atom. The molecule has 104 valence electrons. The van der Waals surface area contributed by atoms with Crippen molar-refractivity contribution in [2.75, 3.05) is 0 Å². The summed E-state index contributed by atoms with van der Waals surface area (Å²) in [6.45, 7) is 0. The molecule has 0 saturated carbocycles. The molecule has 0 atom stereocenters. The summed E-state index contributed by atoms with van der Waals surface area (Å²) in [5, 5.41) is 14.8. The first kappa shape index (κ1) is 29.7. The first-order valence-corrected chi connectivity index (χ1v) is 4.99. The molecule has 0 bridgehead atoms. The highest BCUT2D eigenvalue weighted by atomic mass is 79.9. The van der Waals surface area contributed by atoms with Crippen LogP contribution in [-0.4, -0.2) is 37.3 Å². The van der Waals surface area contributed by atoms with Crippen LogP contribution in [0.2, 0.25) is 0 Å². The molecule has 0 spiro atoms. The van der Waals surface area contributed by atoms with Crippen molar-refractivity contribution in [3.63, 3.8) is 0 Å². The first-order valence-electron chi connectivity index (χ1n) is 2.03. The van der Waals surface area contributed by atoms with E-state index in [9.17, 15) is 0 Å². The molecule has 0 aliphatic rings. The van der Waals surface area contributed by atoms with Crippen LogP contribution in [0.25, 0.3) is 0 Å². The van der Waals surface area contributed by atoms with Gasteiger partial charge in [-0.25, -0.2) is 4.57 Å². The molecule has 0 aliphatic heterocycles. The van der Waals surface area contributed by atoms with Crippen molar-refractivity contribution in [3.8, 4) is 0 Å². The van der Waals surface area contributed by atoms with Crippen LogP contribution in [0.3, 0.4) is 0 Å². The van der Waals surface area contributed by atoms with Gasteiger partial charge in [0, 0.05) is 0 Å². The number of hydrogen-bond acceptors (Lipinski definition) is 6. The largest absolute Gasteiger partial charge is 0.466 e. The van der Waals surface area contributed by atoms with Crippen LogP contribution in [0.15, 0.2) is 0 Å². The number of rotatable bonds is 0. The molecule has 0 unspecified atom stereocenters. The van der Waals surface area contributed by atoms with Gasteiger partial charge < -0.3 is 30.0 Å². The normalized spacial score (nSPS) is 8.81. The predicted octanol–water partition coefficient (Wildman–Crippen LogP) is -0.821. The van der Waals surface area contributed by atoms with Crippen molar-refractivity contribution in [3.05, 3.63) is 15.3 Å². The highest BCUT2D eigenvalue weighted by Gasteiger charge is 2.00. The molecule has 0 aromatic heterocycles. The minimum absolute atomic E-state index is 0. The average molecular weight is 375 g/mol. The Hall–Kier alpha value is -0.0500. The third kappa shape index (κ3) is 936000. The zero-order chi connectivity index (χ0) is 12.6. The van der Waals surface area contributed by atoms with Gasteiger partial charge in [0.15, 0.2) is 0 Å². The van der Waals surface area contributed by atoms with Crippen molar-refractivity contribution >= 4 is 47.6 Å². The Kier molecular flexibility index (Phi) is 24.2. The van der Waals surface area contributed by atoms with E-state index < -0.39 is 23.3 Å². The number of nitrogens with zero attached hydrogens (tertiary/aromatic N) is 1. The van der Waals surface area contributed by atoms with Gasteiger partial charge in [0.05, 0.1) is 5.09 Å². The molecule has 0 saturated heterocycles. The molecule has 0 heterocycles. The van der Waals surface area contributed by atoms with Crippen molar-refractivity contribution in [1.82, 2.24) is 0 Å². The van der Waals surface area contributed by atoms with Gasteiger partial charge in [-0.15, -0.1) is 29.4 Å². The SMILES string of the molecule is Br.Cl.O=P(O)(O)O.O=S(=O)(O)O.O=[N+]([O-])[O-]. The van der Waals surface area contributed by atoms with Crippen LogP contribution in [0.4, 0.5) is 0 Å². The number of phosphoric acid groups is 1. The molecule has 0 rings (SSSR count). The van der Waals surface area contributed by atoms with E-state index in [-0.39, 0.29) is 29.4 Å². The molecule has 16 heteroatoms. The van der Waals surface area contributed by atoms with E-state index in [0.29, 0.717) is 0 Å². The molecule has 5 N–H and O–H groups in total. The lowest BCUT2D eigenvalue weighted by molar-refractivity contribution is -0.402. The van der Waals surface area contributed by atoms with Gasteiger partial charge in [0.25, 0.3) is 0 Å². The Balaban J connectivity index is -0.0000000358. The van der Waals surface area contributed by atoms with Gasteiger partial charge in [0.2, 0.25) is 0 Å². The van der Waals surface area contributed by atoms with Gasteiger partial charge in [0.1, 0.15) is 0 Å². The average Bonchev–Trinajstić information content (AvgIpc) is 1.45. The maximum atomic E-state index is 8.88. The van der Waals surface area contributed by atoms with Crippen LogP contribution < -0.4 is 0 Å². The van der Waals surface area contributed by atoms with Gasteiger partial charge in [-0.1, -0.05) is 0 Å². The third-order valence-corrected chi connectivity index (χ3v) is 0. The maximum Gasteiger partial charge on any atom is 0.466 e. The smallest absolute Gasteiger partial charge is 0.356 e. The third-order valence-electron chi connectivity index (χ3n) is 0. The summed E-state index contributed by atoms with van der Waals surface area (Å²) in [6.07, 6.45) is 0. The van der Waals surface area contributed by atoms with Crippen molar-refractivity contribution in [2.24, 2.45) is 0 Å². The van der Waals surface area contributed by atoms with Gasteiger partial charge in [-0.3, -0.25) is 9.11 Å². The quantitative estimate of drug-likeness (QED) is 0.152. The van der Waals surface area contributed by atoms with Crippen molar-refractivity contribution in [1.29, 1.82) is 0 Å². The van der Waals surface area contributed by atoms with Gasteiger partial charge in [-0.2, -0.15) is 8.42 Å². The second kappa shape index (κ2) is 13.0. The molecular weight excluding hydrogens is 368 g/mol. The monoisotopic (exact) mass is 374 g/mol. The van der Waals surface area contributed by atoms with E-state index >= 15 is 0 Å². The summed E-state index contributed by atoms with van der Waals surface area (Å²) in [6, 6.07) is 0. The summed E-state index contributed by atoms with van der Waals surface area (Å²) in [5.74, 6) is 0. The Morgan fingerprint density at radius 3 is 1.06 bits per heavy atom. The standard InChI is InChI=1S/BrH.ClH.NO3.H3O4P.H2O4S/c;;2-1(3)4;2*1-5(2,3)4/h2*1H;;(H3,1,2,3,4);(H2,1,2,3,4)/q;;-1;;. The lowest BCUT2D eigenvalue weighted by atomic mass is 13.1. The second-order valence-corrected chi connectivity index (χ2v) is 3.11. The van der Waals surface area contributed by atoms with E-state index in [0.717, 1.165) is 0 Å². The Bertz CT molecular complexity index is 271. The van der Waals surface area contributed by atoms with Gasteiger partial charge >= 0.3 is 18.2 Å². The molecular formula is H7BrClNO11PS-. The van der Waals surface area contributed by atoms with Crippen LogP contribution >= 0.6 is 37.2 Å². The fourth-order valence-corrected chi connectivity index (χ4v) is 0.